The predicted octanol–water partition coefficient (Wildman–Crippen LogP) is 1.40. The molecule has 3 amide bonds. The minimum atomic E-state index is -1.48. The quantitative estimate of drug-likeness (QED) is 0.161. The zero-order chi connectivity index (χ0) is 32.4. The summed E-state index contributed by atoms with van der Waals surface area (Å²) in [6, 6.07) is 9.43. The number of carboxylic acid groups (broad SMARTS) is 1. The molecule has 0 saturated carbocycles. The molecule has 0 bridgehead atoms. The van der Waals surface area contributed by atoms with Crippen molar-refractivity contribution in [2.24, 2.45) is 11.7 Å². The SMILES string of the molecule is CC1CC(C(=O)N(C)C(CCCCN)C(=O)O)N(C(=O)C(CCc2ccc(O)cc2)NC(=O)C(O)Cc2ccc(O)cc2)C1. The Morgan fingerprint density at radius 1 is 0.977 bits per heavy atom. The van der Waals surface area contributed by atoms with E-state index in [-0.39, 0.29) is 43.2 Å². The van der Waals surface area contributed by atoms with Gasteiger partial charge in [-0.2, -0.15) is 0 Å². The molecular weight excluding hydrogens is 568 g/mol. The van der Waals surface area contributed by atoms with Crippen molar-refractivity contribution in [2.45, 2.75) is 76.1 Å². The van der Waals surface area contributed by atoms with E-state index in [0.29, 0.717) is 37.8 Å². The number of aliphatic hydroxyl groups excluding tert-OH is 1. The summed E-state index contributed by atoms with van der Waals surface area (Å²) < 4.78 is 0. The maximum Gasteiger partial charge on any atom is 0.326 e. The van der Waals surface area contributed by atoms with Crippen molar-refractivity contribution in [1.82, 2.24) is 15.1 Å². The second-order valence-corrected chi connectivity index (χ2v) is 11.6. The second-order valence-electron chi connectivity index (χ2n) is 11.6. The summed E-state index contributed by atoms with van der Waals surface area (Å²) in [5.41, 5.74) is 6.97. The van der Waals surface area contributed by atoms with Crippen LogP contribution in [0, 0.1) is 5.92 Å². The van der Waals surface area contributed by atoms with Crippen molar-refractivity contribution in [3.8, 4) is 11.5 Å². The largest absolute Gasteiger partial charge is 0.508 e. The molecule has 7 N–H and O–H groups in total. The second kappa shape index (κ2) is 16.1. The van der Waals surface area contributed by atoms with Gasteiger partial charge in [0.2, 0.25) is 17.7 Å². The fraction of sp³-hybridized carbons (Fsp3) is 0.500. The maximum atomic E-state index is 14.0. The number of phenolic OH excluding ortho intramolecular Hbond substituents is 2. The minimum Gasteiger partial charge on any atom is -0.508 e. The number of nitrogens with one attached hydrogen (secondary N) is 1. The van der Waals surface area contributed by atoms with Crippen LogP contribution in [0.5, 0.6) is 11.5 Å². The van der Waals surface area contributed by atoms with Crippen molar-refractivity contribution >= 4 is 23.7 Å². The molecule has 0 aromatic heterocycles. The molecule has 3 rings (SSSR count). The van der Waals surface area contributed by atoms with Gasteiger partial charge in [-0.3, -0.25) is 14.4 Å². The first-order valence-corrected chi connectivity index (χ1v) is 15.0. The van der Waals surface area contributed by atoms with Gasteiger partial charge in [-0.15, -0.1) is 0 Å². The van der Waals surface area contributed by atoms with Gasteiger partial charge >= 0.3 is 5.97 Å². The fourth-order valence-corrected chi connectivity index (χ4v) is 5.52. The van der Waals surface area contributed by atoms with Crippen molar-refractivity contribution in [2.75, 3.05) is 20.1 Å². The highest BCUT2D eigenvalue weighted by atomic mass is 16.4. The number of aryl methyl sites for hydroxylation is 1. The Kier molecular flexibility index (Phi) is 12.5. The number of carboxylic acids is 1. The minimum absolute atomic E-state index is 0.0433. The van der Waals surface area contributed by atoms with Gasteiger partial charge in [-0.1, -0.05) is 31.2 Å². The third-order valence-corrected chi connectivity index (χ3v) is 8.05. The Balaban J connectivity index is 1.80. The number of likely N-dealkylation sites (tertiary alicyclic amines) is 1. The summed E-state index contributed by atoms with van der Waals surface area (Å²) in [5.74, 6) is -2.79. The Morgan fingerprint density at radius 2 is 1.57 bits per heavy atom. The summed E-state index contributed by atoms with van der Waals surface area (Å²) in [5, 5.41) is 42.3. The lowest BCUT2D eigenvalue weighted by Gasteiger charge is -2.33. The van der Waals surface area contributed by atoms with Crippen LogP contribution < -0.4 is 11.1 Å². The molecule has 1 aliphatic rings. The molecule has 12 heteroatoms. The number of aromatic hydroxyl groups is 2. The van der Waals surface area contributed by atoms with Crippen LogP contribution in [0.4, 0.5) is 0 Å². The van der Waals surface area contributed by atoms with Crippen LogP contribution in [-0.2, 0) is 32.0 Å². The van der Waals surface area contributed by atoms with E-state index in [1.807, 2.05) is 6.92 Å². The molecule has 44 heavy (non-hydrogen) atoms. The average Bonchev–Trinajstić information content (AvgIpc) is 3.39. The summed E-state index contributed by atoms with van der Waals surface area (Å²) in [7, 11) is 1.43. The number of hydrogen-bond acceptors (Lipinski definition) is 8. The van der Waals surface area contributed by atoms with Crippen LogP contribution in [-0.4, -0.2) is 98.3 Å². The highest BCUT2D eigenvalue weighted by molar-refractivity contribution is 5.94. The van der Waals surface area contributed by atoms with E-state index in [4.69, 9.17) is 5.73 Å². The van der Waals surface area contributed by atoms with E-state index in [1.54, 1.807) is 24.3 Å². The molecule has 1 fully saturated rings. The monoisotopic (exact) mass is 612 g/mol. The Bertz CT molecular complexity index is 1270. The molecule has 5 atom stereocenters. The number of benzene rings is 2. The van der Waals surface area contributed by atoms with Gasteiger partial charge in [0.25, 0.3) is 0 Å². The van der Waals surface area contributed by atoms with Crippen LogP contribution in [0.3, 0.4) is 0 Å². The van der Waals surface area contributed by atoms with E-state index in [2.05, 4.69) is 5.32 Å². The number of phenols is 2. The molecule has 2 aromatic rings. The highest BCUT2D eigenvalue weighted by Gasteiger charge is 2.43. The third kappa shape index (κ3) is 9.42. The number of rotatable bonds is 15. The van der Waals surface area contributed by atoms with E-state index in [0.717, 1.165) is 5.56 Å². The van der Waals surface area contributed by atoms with Crippen LogP contribution in [0.2, 0.25) is 0 Å². The van der Waals surface area contributed by atoms with Gasteiger partial charge in [0, 0.05) is 20.0 Å². The van der Waals surface area contributed by atoms with Gasteiger partial charge in [0.15, 0.2) is 0 Å². The van der Waals surface area contributed by atoms with Crippen LogP contribution >= 0.6 is 0 Å². The summed E-state index contributed by atoms with van der Waals surface area (Å²) in [4.78, 5) is 55.4. The van der Waals surface area contributed by atoms with Gasteiger partial charge in [-0.05, 0) is 86.4 Å². The number of carbonyl (C=O) groups excluding carboxylic acids is 3. The molecule has 1 heterocycles. The Labute approximate surface area is 257 Å². The maximum absolute atomic E-state index is 14.0. The van der Waals surface area contributed by atoms with Gasteiger partial charge in [-0.25, -0.2) is 4.79 Å². The number of amides is 3. The molecular formula is C32H44N4O8. The van der Waals surface area contributed by atoms with Crippen LogP contribution in [0.25, 0.3) is 0 Å². The first-order valence-electron chi connectivity index (χ1n) is 15.0. The summed E-state index contributed by atoms with van der Waals surface area (Å²) in [6.45, 7) is 2.55. The molecule has 0 spiro atoms. The van der Waals surface area contributed by atoms with E-state index >= 15 is 0 Å². The topological polar surface area (TPSA) is 194 Å². The van der Waals surface area contributed by atoms with E-state index in [9.17, 15) is 39.6 Å². The van der Waals surface area contributed by atoms with Crippen LogP contribution in [0.1, 0.15) is 50.2 Å². The van der Waals surface area contributed by atoms with Gasteiger partial charge < -0.3 is 41.3 Å². The molecule has 5 unspecified atom stereocenters. The highest BCUT2D eigenvalue weighted by Crippen LogP contribution is 2.27. The lowest BCUT2D eigenvalue weighted by Crippen LogP contribution is -2.56. The first kappa shape index (κ1) is 34.3. The Morgan fingerprint density at radius 3 is 2.14 bits per heavy atom. The number of nitrogens with two attached hydrogens (primary N) is 1. The normalized spacial score (nSPS) is 18.3. The Hall–Kier alpha value is -4.16. The number of aliphatic hydroxyl groups is 1. The van der Waals surface area contributed by atoms with Gasteiger partial charge in [0.1, 0.15) is 35.7 Å². The fourth-order valence-electron chi connectivity index (χ4n) is 5.52. The molecule has 0 radical (unpaired) electrons. The van der Waals surface area contributed by atoms with E-state index < -0.39 is 47.9 Å². The number of hydrogen-bond donors (Lipinski definition) is 6. The summed E-state index contributed by atoms with van der Waals surface area (Å²) in [6.07, 6.45) is 0.716. The number of carbonyl (C=O) groups is 4. The first-order chi connectivity index (χ1) is 20.9. The third-order valence-electron chi connectivity index (χ3n) is 8.05. The zero-order valence-corrected chi connectivity index (χ0v) is 25.3. The van der Waals surface area contributed by atoms with Crippen LogP contribution in [0.15, 0.2) is 48.5 Å². The average molecular weight is 613 g/mol. The van der Waals surface area contributed by atoms with Crippen molar-refractivity contribution in [3.05, 3.63) is 59.7 Å². The molecule has 240 valence electrons. The number of nitrogens with zero attached hydrogens (tertiary/aromatic N) is 2. The smallest absolute Gasteiger partial charge is 0.326 e. The van der Waals surface area contributed by atoms with Crippen molar-refractivity contribution in [1.29, 1.82) is 0 Å². The van der Waals surface area contributed by atoms with Crippen molar-refractivity contribution < 1.29 is 39.6 Å². The standard InChI is InChI=1S/C32H44N4O8/c1-20-17-27(31(42)35(2)26(32(43)44)5-3-4-16-33)36(19-20)30(41)25(15-10-21-6-11-23(37)12-7-21)34-29(40)28(39)18-22-8-13-24(38)14-9-22/h6-9,11-14,20,25-28,37-39H,3-5,10,15-19,33H2,1-2H3,(H,34,40)(H,43,44). The molecule has 1 aliphatic heterocycles. The number of unbranched alkanes of at least 4 members (excludes halogenated alkanes) is 1. The number of aliphatic carboxylic acids is 1. The zero-order valence-electron chi connectivity index (χ0n) is 25.3. The van der Waals surface area contributed by atoms with Gasteiger partial charge in [0.05, 0.1) is 0 Å². The number of likely N-dealkylation sites (N-methyl/N-ethyl adjacent to an activating group) is 1. The van der Waals surface area contributed by atoms with Crippen molar-refractivity contribution in [3.63, 3.8) is 0 Å². The summed E-state index contributed by atoms with van der Waals surface area (Å²) >= 11 is 0. The molecule has 0 aliphatic carbocycles. The lowest BCUT2D eigenvalue weighted by molar-refractivity contribution is -0.153. The predicted molar refractivity (Wildman–Crippen MR) is 163 cm³/mol. The lowest BCUT2D eigenvalue weighted by atomic mass is 10.0. The molecule has 1 saturated heterocycles. The molecule has 12 nitrogen and oxygen atoms in total. The molecule has 2 aromatic carbocycles. The van der Waals surface area contributed by atoms with E-state index in [1.165, 1.54) is 41.1 Å².